The molecule has 0 bridgehead atoms. The van der Waals surface area contributed by atoms with Crippen molar-refractivity contribution in [3.8, 4) is 0 Å². The third-order valence-electron chi connectivity index (χ3n) is 5.94. The second-order valence-electron chi connectivity index (χ2n) is 9.17. The number of ether oxygens (including phenoxy) is 1. The molecule has 0 aliphatic carbocycles. The first-order chi connectivity index (χ1) is 20.2. The molecule has 3 heterocycles. The third kappa shape index (κ3) is 9.56. The number of nitrogens with zero attached hydrogens (tertiary/aromatic N) is 3. The van der Waals surface area contributed by atoms with Gasteiger partial charge in [-0.05, 0) is 61.0 Å². The Morgan fingerprint density at radius 1 is 0.833 bits per heavy atom. The highest BCUT2D eigenvalue weighted by atomic mass is 16.5. The molecule has 0 saturated carbocycles. The number of fused-ring (bicyclic) bond motifs is 1. The van der Waals surface area contributed by atoms with Crippen LogP contribution in [0.15, 0.2) is 90.2 Å². The number of carbonyl (C=O) groups is 1. The van der Waals surface area contributed by atoms with Gasteiger partial charge in [0.25, 0.3) is 0 Å². The van der Waals surface area contributed by atoms with E-state index in [1.54, 1.807) is 43.6 Å². The van der Waals surface area contributed by atoms with Crippen LogP contribution in [0.2, 0.25) is 0 Å². The van der Waals surface area contributed by atoms with E-state index in [-0.39, 0.29) is 24.1 Å². The Morgan fingerprint density at radius 3 is 2.02 bits per heavy atom. The van der Waals surface area contributed by atoms with E-state index in [4.69, 9.17) is 38.5 Å². The summed E-state index contributed by atoms with van der Waals surface area (Å²) in [6.07, 6.45) is 5.34. The van der Waals surface area contributed by atoms with E-state index in [9.17, 15) is 4.79 Å². The highest BCUT2D eigenvalue weighted by Gasteiger charge is 2.16. The van der Waals surface area contributed by atoms with Gasteiger partial charge in [0.2, 0.25) is 0 Å². The summed E-state index contributed by atoms with van der Waals surface area (Å²) in [6, 6.07) is 22.0. The summed E-state index contributed by atoms with van der Waals surface area (Å²) in [4.78, 5) is 23.9. The second-order valence-corrected chi connectivity index (χ2v) is 9.17. The fourth-order valence-corrected chi connectivity index (χ4v) is 3.83. The lowest BCUT2D eigenvalue weighted by atomic mass is 10.0. The maximum Gasteiger partial charge on any atom is 0.311 e. The van der Waals surface area contributed by atoms with E-state index in [1.807, 2.05) is 48.5 Å². The number of hydrogen-bond acceptors (Lipinski definition) is 9. The summed E-state index contributed by atoms with van der Waals surface area (Å²) < 4.78 is 4.77. The van der Waals surface area contributed by atoms with Gasteiger partial charge >= 0.3 is 5.97 Å². The lowest BCUT2D eigenvalue weighted by molar-refractivity contribution is -0.142. The Balaban J connectivity index is 0.000000183. The molecular weight excluding hydrogens is 530 g/mol. The molecule has 11 heteroatoms. The lowest BCUT2D eigenvalue weighted by Crippen LogP contribution is -2.11. The van der Waals surface area contributed by atoms with Crippen LogP contribution in [-0.2, 0) is 28.8 Å². The number of aromatic nitrogens is 2. The molecule has 1 aliphatic rings. The first kappa shape index (κ1) is 31.0. The Kier molecular flexibility index (Phi) is 11.3. The van der Waals surface area contributed by atoms with Crippen LogP contribution in [0.5, 0.6) is 0 Å². The molecule has 10 N–H and O–H groups in total. The Morgan fingerprint density at radius 2 is 1.45 bits per heavy atom. The molecule has 216 valence electrons. The van der Waals surface area contributed by atoms with Gasteiger partial charge in [0.15, 0.2) is 0 Å². The number of nitrogens with one attached hydrogen (secondary N) is 2. The predicted octanol–water partition coefficient (Wildman–Crippen LogP) is 3.56. The number of nitrogen functional groups attached to an aromatic ring is 4. The number of aliphatic imine (C=N–C) groups is 1. The van der Waals surface area contributed by atoms with E-state index >= 15 is 0 Å². The largest absolute Gasteiger partial charge is 0.466 e. The average Bonchev–Trinajstić information content (AvgIpc) is 3.38. The highest BCUT2D eigenvalue weighted by molar-refractivity contribution is 5.99. The monoisotopic (exact) mass is 565 g/mol. The zero-order valence-electron chi connectivity index (χ0n) is 23.4. The van der Waals surface area contributed by atoms with Crippen molar-refractivity contribution in [1.82, 2.24) is 9.97 Å². The van der Waals surface area contributed by atoms with Crippen molar-refractivity contribution < 1.29 is 9.53 Å². The Bertz CT molecular complexity index is 1560. The Hall–Kier alpha value is -5.58. The minimum absolute atomic E-state index is 0.00306. The van der Waals surface area contributed by atoms with E-state index in [2.05, 4.69) is 15.0 Å². The van der Waals surface area contributed by atoms with Crippen LogP contribution in [-0.4, -0.2) is 39.9 Å². The van der Waals surface area contributed by atoms with Crippen LogP contribution in [0.25, 0.3) is 0 Å². The van der Waals surface area contributed by atoms with Gasteiger partial charge in [-0.3, -0.25) is 30.6 Å². The Labute approximate surface area is 244 Å². The van der Waals surface area contributed by atoms with E-state index in [0.29, 0.717) is 23.5 Å². The van der Waals surface area contributed by atoms with Gasteiger partial charge in [-0.25, -0.2) is 0 Å². The molecule has 0 saturated heterocycles. The summed E-state index contributed by atoms with van der Waals surface area (Å²) in [5.41, 5.74) is 28.9. The SMILES string of the molecule is CCOC(=O)Cc1ccccn1.N=C(N)c1ccc(N)c(N)c1.N=C(N)c1ccc2c(c1)N=C(Cc1ccccn1)C2. The smallest absolute Gasteiger partial charge is 0.311 e. The van der Waals surface area contributed by atoms with Gasteiger partial charge < -0.3 is 27.7 Å². The van der Waals surface area contributed by atoms with Crippen LogP contribution < -0.4 is 22.9 Å². The summed E-state index contributed by atoms with van der Waals surface area (Å²) >= 11 is 0. The van der Waals surface area contributed by atoms with Crippen LogP contribution in [0.4, 0.5) is 17.1 Å². The van der Waals surface area contributed by atoms with Gasteiger partial charge in [0, 0.05) is 47.8 Å². The molecule has 0 spiro atoms. The summed E-state index contributed by atoms with van der Waals surface area (Å²) in [5, 5.41) is 14.5. The number of anilines is 2. The predicted molar refractivity (Wildman–Crippen MR) is 167 cm³/mol. The summed E-state index contributed by atoms with van der Waals surface area (Å²) in [7, 11) is 0. The van der Waals surface area contributed by atoms with Crippen molar-refractivity contribution in [3.63, 3.8) is 0 Å². The molecule has 0 atom stereocenters. The third-order valence-corrected chi connectivity index (χ3v) is 5.94. The van der Waals surface area contributed by atoms with E-state index in [1.165, 1.54) is 5.56 Å². The van der Waals surface area contributed by atoms with E-state index in [0.717, 1.165) is 41.2 Å². The summed E-state index contributed by atoms with van der Waals surface area (Å²) in [5.74, 6) is -0.149. The van der Waals surface area contributed by atoms with Crippen LogP contribution in [0.1, 0.15) is 35.0 Å². The molecule has 1 aliphatic heterocycles. The fourth-order valence-electron chi connectivity index (χ4n) is 3.83. The van der Waals surface area contributed by atoms with Crippen molar-refractivity contribution in [3.05, 3.63) is 113 Å². The zero-order chi connectivity index (χ0) is 30.5. The number of amidine groups is 2. The van der Waals surface area contributed by atoms with E-state index < -0.39 is 0 Å². The fraction of sp³-hybridized carbons (Fsp3) is 0.161. The topological polar surface area (TPSA) is 216 Å². The average molecular weight is 566 g/mol. The molecule has 5 rings (SSSR count). The normalized spacial score (nSPS) is 11.0. The number of benzene rings is 2. The minimum atomic E-state index is -0.226. The quantitative estimate of drug-likeness (QED) is 0.0840. The first-order valence-electron chi connectivity index (χ1n) is 13.1. The molecule has 11 nitrogen and oxygen atoms in total. The molecule has 2 aromatic carbocycles. The second kappa shape index (κ2) is 15.3. The van der Waals surface area contributed by atoms with Crippen LogP contribution in [0.3, 0.4) is 0 Å². The molecule has 0 amide bonds. The number of pyridine rings is 2. The molecule has 0 radical (unpaired) electrons. The van der Waals surface area contributed by atoms with Crippen molar-refractivity contribution in [2.24, 2.45) is 16.5 Å². The maximum absolute atomic E-state index is 11.0. The number of hydrogen-bond donors (Lipinski definition) is 6. The standard InChI is InChI=1S/C15H14N4.C9H11NO2.C7H10N4/c16-15(17)11-5-4-10-7-13(19-14(10)8-11)9-12-3-1-2-6-18-12;1-2-12-9(11)7-8-5-3-4-6-10-8;8-5-2-1-4(7(10)11)3-6(5)9/h1-6,8H,7,9H2,(H3,16,17);3-6H,2,7H2,1H3;1-3H,8-9H2,(H3,10,11). The number of nitrogens with two attached hydrogens (primary N) is 4. The maximum atomic E-state index is 11.0. The van der Waals surface area contributed by atoms with Gasteiger partial charge in [0.05, 0.1) is 35.8 Å². The highest BCUT2D eigenvalue weighted by Crippen LogP contribution is 2.28. The van der Waals surface area contributed by atoms with Crippen LogP contribution >= 0.6 is 0 Å². The molecule has 2 aromatic heterocycles. The molecular formula is C31H35N9O2. The number of rotatable bonds is 7. The molecule has 0 fully saturated rings. The summed E-state index contributed by atoms with van der Waals surface area (Å²) in [6.45, 7) is 2.21. The van der Waals surface area contributed by atoms with Gasteiger partial charge in [-0.15, -0.1) is 0 Å². The molecule has 4 aromatic rings. The lowest BCUT2D eigenvalue weighted by Gasteiger charge is -2.01. The first-order valence-corrected chi connectivity index (χ1v) is 13.1. The van der Waals surface area contributed by atoms with Crippen LogP contribution in [0, 0.1) is 10.8 Å². The van der Waals surface area contributed by atoms with Gasteiger partial charge in [-0.2, -0.15) is 0 Å². The van der Waals surface area contributed by atoms with Crippen molar-refractivity contribution in [2.75, 3.05) is 18.1 Å². The van der Waals surface area contributed by atoms with Crippen molar-refractivity contribution >= 4 is 40.4 Å². The van der Waals surface area contributed by atoms with Gasteiger partial charge in [-0.1, -0.05) is 24.3 Å². The molecule has 0 unspecified atom stereocenters. The van der Waals surface area contributed by atoms with Crippen molar-refractivity contribution in [1.29, 1.82) is 10.8 Å². The number of carbonyl (C=O) groups excluding carboxylic acids is 1. The minimum Gasteiger partial charge on any atom is -0.466 e. The van der Waals surface area contributed by atoms with Gasteiger partial charge in [0.1, 0.15) is 11.7 Å². The number of esters is 1. The zero-order valence-corrected chi connectivity index (χ0v) is 23.4. The van der Waals surface area contributed by atoms with Crippen molar-refractivity contribution in [2.45, 2.75) is 26.2 Å². The molecule has 42 heavy (non-hydrogen) atoms.